The molecule has 4 rings (SSSR count). The molecule has 0 aliphatic carbocycles. The second-order valence-electron chi connectivity index (χ2n) is 10.5. The summed E-state index contributed by atoms with van der Waals surface area (Å²) in [6.07, 6.45) is 0.884. The van der Waals surface area contributed by atoms with Crippen LogP contribution in [-0.4, -0.2) is 37.4 Å². The summed E-state index contributed by atoms with van der Waals surface area (Å²) >= 11 is 0. The molecule has 0 aliphatic heterocycles. The number of carbonyl (C=O) groups excluding carboxylic acids is 3. The third kappa shape index (κ3) is 9.28. The Morgan fingerprint density at radius 3 is 1.82 bits per heavy atom. The summed E-state index contributed by atoms with van der Waals surface area (Å²) < 4.78 is 5.71. The molecule has 3 amide bonds. The SMILES string of the molecule is CCCOc1ccc([C@@H](CNC(=O)c2ccccc2)C(=O)NC[C@H](C(=O)NCc2ccc(CN)cc2)c2ccccc2)cc1. The summed E-state index contributed by atoms with van der Waals surface area (Å²) in [7, 11) is 0. The molecule has 0 spiro atoms. The van der Waals surface area contributed by atoms with Crippen molar-refractivity contribution in [3.05, 3.63) is 137 Å². The van der Waals surface area contributed by atoms with Gasteiger partial charge < -0.3 is 26.4 Å². The second-order valence-corrected chi connectivity index (χ2v) is 10.5. The van der Waals surface area contributed by atoms with E-state index in [1.54, 1.807) is 24.3 Å². The van der Waals surface area contributed by atoms with Gasteiger partial charge in [0.1, 0.15) is 5.75 Å². The quantitative estimate of drug-likeness (QED) is 0.160. The van der Waals surface area contributed by atoms with Crippen LogP contribution in [0.25, 0.3) is 0 Å². The first-order chi connectivity index (χ1) is 21.5. The smallest absolute Gasteiger partial charge is 0.251 e. The normalized spacial score (nSPS) is 12.0. The minimum absolute atomic E-state index is 0.0791. The Balaban J connectivity index is 1.48. The first kappa shape index (κ1) is 32.0. The molecule has 0 fully saturated rings. The minimum Gasteiger partial charge on any atom is -0.494 e. The Morgan fingerprint density at radius 1 is 0.659 bits per heavy atom. The fraction of sp³-hybridized carbons (Fsp3) is 0.250. The number of benzene rings is 4. The first-order valence-corrected chi connectivity index (χ1v) is 14.9. The van der Waals surface area contributed by atoms with Gasteiger partial charge in [-0.25, -0.2) is 0 Å². The van der Waals surface area contributed by atoms with Crippen LogP contribution < -0.4 is 26.4 Å². The Morgan fingerprint density at radius 2 is 1.20 bits per heavy atom. The van der Waals surface area contributed by atoms with Crippen LogP contribution in [0.15, 0.2) is 109 Å². The fourth-order valence-corrected chi connectivity index (χ4v) is 4.74. The Hall–Kier alpha value is -4.95. The molecular weight excluding hydrogens is 552 g/mol. The first-order valence-electron chi connectivity index (χ1n) is 14.9. The lowest BCUT2D eigenvalue weighted by molar-refractivity contribution is -0.124. The molecule has 0 unspecified atom stereocenters. The van der Waals surface area contributed by atoms with Crippen LogP contribution in [0.5, 0.6) is 5.75 Å². The van der Waals surface area contributed by atoms with Gasteiger partial charge in [-0.1, -0.05) is 91.9 Å². The number of ether oxygens (including phenoxy) is 1. The maximum Gasteiger partial charge on any atom is 0.251 e. The summed E-state index contributed by atoms with van der Waals surface area (Å²) in [5.74, 6) is -1.37. The monoisotopic (exact) mass is 592 g/mol. The topological polar surface area (TPSA) is 123 Å². The van der Waals surface area contributed by atoms with Gasteiger partial charge in [-0.3, -0.25) is 14.4 Å². The van der Waals surface area contributed by atoms with Gasteiger partial charge >= 0.3 is 0 Å². The van der Waals surface area contributed by atoms with Crippen LogP contribution in [0, 0.1) is 0 Å². The zero-order valence-electron chi connectivity index (χ0n) is 25.0. The maximum absolute atomic E-state index is 13.7. The molecule has 228 valence electrons. The lowest BCUT2D eigenvalue weighted by Gasteiger charge is -2.22. The van der Waals surface area contributed by atoms with Crippen molar-refractivity contribution in [1.29, 1.82) is 0 Å². The predicted molar refractivity (Wildman–Crippen MR) is 172 cm³/mol. The van der Waals surface area contributed by atoms with Gasteiger partial charge in [-0.15, -0.1) is 0 Å². The van der Waals surface area contributed by atoms with E-state index in [4.69, 9.17) is 10.5 Å². The predicted octanol–water partition coefficient (Wildman–Crippen LogP) is 4.66. The number of carbonyl (C=O) groups is 3. The van der Waals surface area contributed by atoms with Crippen LogP contribution in [0.1, 0.15) is 57.8 Å². The summed E-state index contributed by atoms with van der Waals surface area (Å²) in [6.45, 7) is 3.60. The van der Waals surface area contributed by atoms with Crippen molar-refractivity contribution >= 4 is 17.7 Å². The molecule has 0 heterocycles. The van der Waals surface area contributed by atoms with E-state index in [0.717, 1.165) is 28.7 Å². The molecule has 0 radical (unpaired) electrons. The molecule has 0 saturated carbocycles. The number of rotatable bonds is 15. The highest BCUT2D eigenvalue weighted by molar-refractivity contribution is 5.95. The van der Waals surface area contributed by atoms with E-state index in [2.05, 4.69) is 16.0 Å². The molecule has 0 bridgehead atoms. The minimum atomic E-state index is -0.691. The molecule has 4 aromatic carbocycles. The van der Waals surface area contributed by atoms with Crippen molar-refractivity contribution in [1.82, 2.24) is 16.0 Å². The standard InChI is InChI=1S/C36H40N4O4/c1-2-21-44-31-19-17-29(18-20-31)33(24-39-34(41)30-11-7-4-8-12-30)36(43)40-25-32(28-9-5-3-6-10-28)35(42)38-23-27-15-13-26(22-37)14-16-27/h3-20,32-33H,2,21-25,37H2,1H3,(H,38,42)(H,39,41)(H,40,43)/t32-,33+/m0/s1. The van der Waals surface area contributed by atoms with Crippen LogP contribution in [0.4, 0.5) is 0 Å². The summed E-state index contributed by atoms with van der Waals surface area (Å²) in [6, 6.07) is 33.3. The lowest BCUT2D eigenvalue weighted by atomic mass is 9.95. The van der Waals surface area contributed by atoms with E-state index in [0.29, 0.717) is 31.0 Å². The summed E-state index contributed by atoms with van der Waals surface area (Å²) in [5.41, 5.74) is 9.68. The maximum atomic E-state index is 13.7. The summed E-state index contributed by atoms with van der Waals surface area (Å²) in [4.78, 5) is 40.0. The zero-order chi connectivity index (χ0) is 31.1. The van der Waals surface area contributed by atoms with Gasteiger partial charge in [0, 0.05) is 31.7 Å². The largest absolute Gasteiger partial charge is 0.494 e. The van der Waals surface area contributed by atoms with Crippen molar-refractivity contribution in [2.75, 3.05) is 19.7 Å². The molecule has 0 saturated heterocycles. The van der Waals surface area contributed by atoms with E-state index in [1.165, 1.54) is 0 Å². The third-order valence-electron chi connectivity index (χ3n) is 7.30. The van der Waals surface area contributed by atoms with Crippen molar-refractivity contribution in [2.24, 2.45) is 5.73 Å². The van der Waals surface area contributed by atoms with Gasteiger partial charge in [0.2, 0.25) is 11.8 Å². The molecule has 5 N–H and O–H groups in total. The van der Waals surface area contributed by atoms with E-state index in [1.807, 2.05) is 91.9 Å². The van der Waals surface area contributed by atoms with Crippen molar-refractivity contribution in [3.63, 3.8) is 0 Å². The number of nitrogens with two attached hydrogens (primary N) is 1. The molecule has 0 aromatic heterocycles. The fourth-order valence-electron chi connectivity index (χ4n) is 4.74. The average molecular weight is 593 g/mol. The highest BCUT2D eigenvalue weighted by atomic mass is 16.5. The number of hydrogen-bond acceptors (Lipinski definition) is 5. The molecule has 2 atom stereocenters. The Bertz CT molecular complexity index is 1480. The Labute approximate surface area is 259 Å². The Kier molecular flexibility index (Phi) is 12.1. The summed E-state index contributed by atoms with van der Waals surface area (Å²) in [5, 5.41) is 8.90. The van der Waals surface area contributed by atoms with Crippen LogP contribution in [-0.2, 0) is 22.7 Å². The number of nitrogens with one attached hydrogen (secondary N) is 3. The molecule has 4 aromatic rings. The van der Waals surface area contributed by atoms with Crippen molar-refractivity contribution in [2.45, 2.75) is 38.3 Å². The zero-order valence-corrected chi connectivity index (χ0v) is 25.0. The van der Waals surface area contributed by atoms with Crippen molar-refractivity contribution < 1.29 is 19.1 Å². The lowest BCUT2D eigenvalue weighted by Crippen LogP contribution is -2.41. The van der Waals surface area contributed by atoms with Gasteiger partial charge in [0.05, 0.1) is 18.4 Å². The molecule has 8 nitrogen and oxygen atoms in total. The van der Waals surface area contributed by atoms with Crippen LogP contribution in [0.3, 0.4) is 0 Å². The highest BCUT2D eigenvalue weighted by Crippen LogP contribution is 2.22. The van der Waals surface area contributed by atoms with Crippen LogP contribution in [0.2, 0.25) is 0 Å². The van der Waals surface area contributed by atoms with E-state index >= 15 is 0 Å². The highest BCUT2D eigenvalue weighted by Gasteiger charge is 2.26. The van der Waals surface area contributed by atoms with Gasteiger partial charge in [-0.2, -0.15) is 0 Å². The van der Waals surface area contributed by atoms with Gasteiger partial charge in [-0.05, 0) is 52.9 Å². The number of amides is 3. The van der Waals surface area contributed by atoms with E-state index < -0.39 is 11.8 Å². The van der Waals surface area contributed by atoms with E-state index in [-0.39, 0.29) is 30.8 Å². The molecular formula is C36H40N4O4. The van der Waals surface area contributed by atoms with E-state index in [9.17, 15) is 14.4 Å². The van der Waals surface area contributed by atoms with Gasteiger partial charge in [0.25, 0.3) is 5.91 Å². The molecule has 8 heteroatoms. The average Bonchev–Trinajstić information content (AvgIpc) is 3.08. The van der Waals surface area contributed by atoms with Crippen molar-refractivity contribution in [3.8, 4) is 5.75 Å². The van der Waals surface area contributed by atoms with Gasteiger partial charge in [0.15, 0.2) is 0 Å². The third-order valence-corrected chi connectivity index (χ3v) is 7.30. The molecule has 44 heavy (non-hydrogen) atoms. The second kappa shape index (κ2) is 16.6. The molecule has 0 aliphatic rings. The number of hydrogen-bond donors (Lipinski definition) is 4. The van der Waals surface area contributed by atoms with Crippen LogP contribution >= 0.6 is 0 Å².